The van der Waals surface area contributed by atoms with Gasteiger partial charge in [0.15, 0.2) is 0 Å². The lowest BCUT2D eigenvalue weighted by Gasteiger charge is -2.36. The van der Waals surface area contributed by atoms with Gasteiger partial charge < -0.3 is 19.9 Å². The van der Waals surface area contributed by atoms with E-state index in [1.807, 2.05) is 23.1 Å². The molecule has 2 heterocycles. The van der Waals surface area contributed by atoms with E-state index in [0.717, 1.165) is 64.0 Å². The van der Waals surface area contributed by atoms with E-state index in [0.29, 0.717) is 29.7 Å². The highest BCUT2D eigenvalue weighted by molar-refractivity contribution is 6.02. The molecule has 7 heteroatoms. The van der Waals surface area contributed by atoms with Gasteiger partial charge in [0, 0.05) is 44.0 Å². The summed E-state index contributed by atoms with van der Waals surface area (Å²) >= 11 is 0. The van der Waals surface area contributed by atoms with Crippen LogP contribution in [0, 0.1) is 11.8 Å². The Morgan fingerprint density at radius 2 is 1.63 bits per heavy atom. The molecule has 38 heavy (non-hydrogen) atoms. The molecule has 0 saturated carbocycles. The van der Waals surface area contributed by atoms with Crippen molar-refractivity contribution in [1.29, 1.82) is 0 Å². The molecule has 2 aliphatic rings. The third-order valence-corrected chi connectivity index (χ3v) is 7.77. The van der Waals surface area contributed by atoms with Gasteiger partial charge in [0.25, 0.3) is 5.91 Å². The number of esters is 1. The van der Waals surface area contributed by atoms with E-state index >= 15 is 0 Å². The summed E-state index contributed by atoms with van der Waals surface area (Å²) in [4.78, 5) is 42.1. The minimum absolute atomic E-state index is 0.0286. The lowest BCUT2D eigenvalue weighted by molar-refractivity contribution is -0.144. The summed E-state index contributed by atoms with van der Waals surface area (Å²) in [6, 6.07) is 16.3. The third kappa shape index (κ3) is 7.59. The number of hydrogen-bond acceptors (Lipinski definition) is 5. The van der Waals surface area contributed by atoms with Crippen molar-refractivity contribution in [3.63, 3.8) is 0 Å². The number of nitrogens with zero attached hydrogens (tertiary/aromatic N) is 2. The number of amides is 2. The lowest BCUT2D eigenvalue weighted by Crippen LogP contribution is -2.40. The van der Waals surface area contributed by atoms with Crippen molar-refractivity contribution in [2.75, 3.05) is 43.0 Å². The molecular weight excluding hydrogens is 478 g/mol. The van der Waals surface area contributed by atoms with E-state index in [1.165, 1.54) is 5.56 Å². The Kier molecular flexibility index (Phi) is 9.79. The average molecular weight is 520 g/mol. The number of anilines is 2. The molecular formula is C31H41N3O4. The van der Waals surface area contributed by atoms with Crippen molar-refractivity contribution in [2.45, 2.75) is 58.8 Å². The van der Waals surface area contributed by atoms with Crippen molar-refractivity contribution in [3.05, 3.63) is 59.7 Å². The van der Waals surface area contributed by atoms with E-state index in [-0.39, 0.29) is 30.6 Å². The van der Waals surface area contributed by atoms with E-state index in [9.17, 15) is 14.4 Å². The highest BCUT2D eigenvalue weighted by Gasteiger charge is 2.27. The van der Waals surface area contributed by atoms with Crippen LogP contribution in [0.4, 0.5) is 11.4 Å². The van der Waals surface area contributed by atoms with Crippen LogP contribution in [0.25, 0.3) is 0 Å². The predicted octanol–water partition coefficient (Wildman–Crippen LogP) is 5.30. The molecule has 7 nitrogen and oxygen atoms in total. The van der Waals surface area contributed by atoms with Gasteiger partial charge in [0.1, 0.15) is 0 Å². The molecule has 2 saturated heterocycles. The minimum Gasteiger partial charge on any atom is -0.466 e. The highest BCUT2D eigenvalue weighted by Crippen LogP contribution is 2.32. The minimum atomic E-state index is -0.385. The third-order valence-electron chi connectivity index (χ3n) is 7.77. The Balaban J connectivity index is 1.46. The summed E-state index contributed by atoms with van der Waals surface area (Å²) in [5, 5.41) is 2.87. The first-order valence-electron chi connectivity index (χ1n) is 14.1. The van der Waals surface area contributed by atoms with Crippen LogP contribution in [-0.2, 0) is 20.7 Å². The number of benzene rings is 2. The molecule has 0 radical (unpaired) electrons. The first-order chi connectivity index (χ1) is 18.4. The fraction of sp³-hybridized carbons (Fsp3) is 0.516. The lowest BCUT2D eigenvalue weighted by atomic mass is 9.89. The molecule has 2 aromatic rings. The maximum Gasteiger partial charge on any atom is 0.306 e. The molecule has 0 aromatic heterocycles. The van der Waals surface area contributed by atoms with Crippen LogP contribution in [0.3, 0.4) is 0 Å². The maximum absolute atomic E-state index is 13.7. The molecule has 1 N–H and O–H groups in total. The van der Waals surface area contributed by atoms with Crippen molar-refractivity contribution < 1.29 is 19.1 Å². The number of likely N-dealkylation sites (tertiary alicyclic amines) is 1. The summed E-state index contributed by atoms with van der Waals surface area (Å²) in [5.41, 5.74) is 3.54. The maximum atomic E-state index is 13.7. The SMILES string of the molecule is CCOC(=O)CCC(=O)Nc1ccc(N2CCC(Cc3ccccc3)CC2)c(C(=O)N2CCC(C)CC2)c1. The van der Waals surface area contributed by atoms with Crippen molar-refractivity contribution in [1.82, 2.24) is 4.90 Å². The zero-order chi connectivity index (χ0) is 26.9. The topological polar surface area (TPSA) is 79.0 Å². The average Bonchev–Trinajstić information content (AvgIpc) is 2.93. The van der Waals surface area contributed by atoms with Crippen LogP contribution in [-0.4, -0.2) is 55.5 Å². The Bertz CT molecular complexity index is 1090. The number of carbonyl (C=O) groups excluding carboxylic acids is 3. The predicted molar refractivity (Wildman–Crippen MR) is 150 cm³/mol. The Labute approximate surface area is 226 Å². The van der Waals surface area contributed by atoms with Gasteiger partial charge in [0.2, 0.25) is 5.91 Å². The van der Waals surface area contributed by atoms with E-state index in [4.69, 9.17) is 4.74 Å². The Morgan fingerprint density at radius 1 is 0.921 bits per heavy atom. The largest absolute Gasteiger partial charge is 0.466 e. The molecule has 2 aliphatic heterocycles. The van der Waals surface area contributed by atoms with Crippen LogP contribution < -0.4 is 10.2 Å². The standard InChI is InChI=1S/C31H41N3O4/c1-3-38-30(36)12-11-29(35)32-26-9-10-28(27(22-26)31(37)34-17-13-23(2)14-18-34)33-19-15-25(16-20-33)21-24-7-5-4-6-8-24/h4-10,22-23,25H,3,11-21H2,1-2H3,(H,32,35). The van der Waals surface area contributed by atoms with Gasteiger partial charge in [-0.1, -0.05) is 37.3 Å². The van der Waals surface area contributed by atoms with Gasteiger partial charge in [0.05, 0.1) is 18.6 Å². The van der Waals surface area contributed by atoms with Crippen molar-refractivity contribution in [2.24, 2.45) is 11.8 Å². The summed E-state index contributed by atoms with van der Waals surface area (Å²) < 4.78 is 4.92. The van der Waals surface area contributed by atoms with Gasteiger partial charge in [-0.3, -0.25) is 14.4 Å². The van der Waals surface area contributed by atoms with Crippen molar-refractivity contribution >= 4 is 29.2 Å². The molecule has 0 spiro atoms. The van der Waals surface area contributed by atoms with Crippen molar-refractivity contribution in [3.8, 4) is 0 Å². The molecule has 2 amide bonds. The summed E-state index contributed by atoms with van der Waals surface area (Å²) in [6.07, 6.45) is 5.35. The zero-order valence-corrected chi connectivity index (χ0v) is 22.8. The molecule has 0 bridgehead atoms. The number of hydrogen-bond donors (Lipinski definition) is 1. The quantitative estimate of drug-likeness (QED) is 0.455. The van der Waals surface area contributed by atoms with Gasteiger partial charge >= 0.3 is 5.97 Å². The van der Waals surface area contributed by atoms with E-state index in [2.05, 4.69) is 47.5 Å². The van der Waals surface area contributed by atoms with E-state index in [1.54, 1.807) is 6.92 Å². The number of nitrogens with one attached hydrogen (secondary N) is 1. The molecule has 2 fully saturated rings. The second-order valence-electron chi connectivity index (χ2n) is 10.7. The van der Waals surface area contributed by atoms with Gasteiger partial charge in [-0.25, -0.2) is 0 Å². The molecule has 2 aromatic carbocycles. The van der Waals surface area contributed by atoms with Crippen LogP contribution in [0.1, 0.15) is 68.3 Å². The molecule has 0 unspecified atom stereocenters. The van der Waals surface area contributed by atoms with E-state index < -0.39 is 0 Å². The van der Waals surface area contributed by atoms with Gasteiger partial charge in [-0.2, -0.15) is 0 Å². The van der Waals surface area contributed by atoms with Crippen LogP contribution >= 0.6 is 0 Å². The van der Waals surface area contributed by atoms with Crippen LogP contribution in [0.2, 0.25) is 0 Å². The first-order valence-corrected chi connectivity index (χ1v) is 14.1. The highest BCUT2D eigenvalue weighted by atomic mass is 16.5. The fourth-order valence-corrected chi connectivity index (χ4v) is 5.44. The van der Waals surface area contributed by atoms with Gasteiger partial charge in [-0.15, -0.1) is 0 Å². The fourth-order valence-electron chi connectivity index (χ4n) is 5.44. The zero-order valence-electron chi connectivity index (χ0n) is 22.8. The normalized spacial score (nSPS) is 16.8. The van der Waals surface area contributed by atoms with Crippen LogP contribution in [0.15, 0.2) is 48.5 Å². The Hall–Kier alpha value is -3.35. The molecule has 4 rings (SSSR count). The smallest absolute Gasteiger partial charge is 0.306 e. The number of rotatable bonds is 9. The Morgan fingerprint density at radius 3 is 2.32 bits per heavy atom. The molecule has 0 atom stereocenters. The summed E-state index contributed by atoms with van der Waals surface area (Å²) in [7, 11) is 0. The van der Waals surface area contributed by atoms with Crippen LogP contribution in [0.5, 0.6) is 0 Å². The molecule has 204 valence electrons. The summed E-state index contributed by atoms with van der Waals surface area (Å²) in [5.74, 6) is 0.643. The second kappa shape index (κ2) is 13.4. The summed E-state index contributed by atoms with van der Waals surface area (Å²) in [6.45, 7) is 7.60. The monoisotopic (exact) mass is 519 g/mol. The number of piperidine rings is 2. The first kappa shape index (κ1) is 27.7. The number of carbonyl (C=O) groups is 3. The number of ether oxygens (including phenoxy) is 1. The molecule has 0 aliphatic carbocycles. The second-order valence-corrected chi connectivity index (χ2v) is 10.7. The van der Waals surface area contributed by atoms with Gasteiger partial charge in [-0.05, 0) is 74.6 Å².